The van der Waals surface area contributed by atoms with Gasteiger partial charge >= 0.3 is 0 Å². The molecule has 0 unspecified atom stereocenters. The Hall–Kier alpha value is -0.380. The predicted octanol–water partition coefficient (Wildman–Crippen LogP) is 2.61. The van der Waals surface area contributed by atoms with Gasteiger partial charge in [-0.15, -0.1) is 11.3 Å². The van der Waals surface area contributed by atoms with Crippen molar-refractivity contribution in [2.45, 2.75) is 26.7 Å². The monoisotopic (exact) mass is 240 g/mol. The summed E-state index contributed by atoms with van der Waals surface area (Å²) in [6, 6.07) is 4.34. The molecule has 0 aliphatic rings. The van der Waals surface area contributed by atoms with Crippen LogP contribution in [0, 0.1) is 0 Å². The highest BCUT2D eigenvalue weighted by atomic mass is 32.1. The molecule has 3 heteroatoms. The van der Waals surface area contributed by atoms with Gasteiger partial charge in [0.2, 0.25) is 0 Å². The van der Waals surface area contributed by atoms with Gasteiger partial charge in [0.05, 0.1) is 0 Å². The lowest BCUT2D eigenvalue weighted by molar-refractivity contribution is 0.298. The summed E-state index contributed by atoms with van der Waals surface area (Å²) in [7, 11) is 0. The summed E-state index contributed by atoms with van der Waals surface area (Å²) >= 11 is 1.85. The van der Waals surface area contributed by atoms with E-state index in [9.17, 15) is 0 Å². The summed E-state index contributed by atoms with van der Waals surface area (Å²) in [5, 5.41) is 5.66. The zero-order valence-corrected chi connectivity index (χ0v) is 11.4. The molecule has 0 aromatic carbocycles. The topological polar surface area (TPSA) is 15.3 Å². The Morgan fingerprint density at radius 1 is 1.25 bits per heavy atom. The van der Waals surface area contributed by atoms with Gasteiger partial charge in [0.15, 0.2) is 0 Å². The first kappa shape index (κ1) is 13.7. The van der Waals surface area contributed by atoms with Crippen LogP contribution in [0.2, 0.25) is 0 Å². The van der Waals surface area contributed by atoms with Gasteiger partial charge in [-0.25, -0.2) is 0 Å². The Balaban J connectivity index is 1.92. The zero-order chi connectivity index (χ0) is 11.6. The summed E-state index contributed by atoms with van der Waals surface area (Å²) in [5.41, 5.74) is 0. The Labute approximate surface area is 104 Å². The molecule has 0 bridgehead atoms. The van der Waals surface area contributed by atoms with Crippen LogP contribution in [0.1, 0.15) is 25.1 Å². The predicted molar refractivity (Wildman–Crippen MR) is 73.3 cm³/mol. The molecule has 1 aromatic rings. The summed E-state index contributed by atoms with van der Waals surface area (Å²) in [6.07, 6.45) is 2.43. The maximum absolute atomic E-state index is 3.51. The molecule has 0 radical (unpaired) electrons. The van der Waals surface area contributed by atoms with Crippen LogP contribution in [0.3, 0.4) is 0 Å². The van der Waals surface area contributed by atoms with E-state index in [0.717, 1.165) is 13.1 Å². The minimum absolute atomic E-state index is 1.11. The summed E-state index contributed by atoms with van der Waals surface area (Å²) in [6.45, 7) is 10.3. The van der Waals surface area contributed by atoms with E-state index in [4.69, 9.17) is 0 Å². The van der Waals surface area contributed by atoms with E-state index in [2.05, 4.69) is 41.6 Å². The normalized spacial score (nSPS) is 11.2. The van der Waals surface area contributed by atoms with Crippen molar-refractivity contribution in [3.8, 4) is 0 Å². The fraction of sp³-hybridized carbons (Fsp3) is 0.692. The van der Waals surface area contributed by atoms with E-state index < -0.39 is 0 Å². The number of thiophene rings is 1. The number of nitrogens with one attached hydrogen (secondary N) is 1. The SMILES string of the molecule is CCN(CC)CCCNCCc1cccs1. The third-order valence-corrected chi connectivity index (χ3v) is 3.79. The number of hydrogen-bond acceptors (Lipinski definition) is 3. The van der Waals surface area contributed by atoms with Crippen LogP contribution in [0.4, 0.5) is 0 Å². The molecule has 0 amide bonds. The second-order valence-electron chi connectivity index (χ2n) is 3.96. The zero-order valence-electron chi connectivity index (χ0n) is 10.5. The first-order chi connectivity index (χ1) is 7.86. The average molecular weight is 240 g/mol. The molecule has 0 aliphatic heterocycles. The molecule has 0 fully saturated rings. The largest absolute Gasteiger partial charge is 0.316 e. The van der Waals surface area contributed by atoms with Gasteiger partial charge in [0.25, 0.3) is 0 Å². The minimum atomic E-state index is 1.11. The van der Waals surface area contributed by atoms with Crippen LogP contribution in [0.15, 0.2) is 17.5 Å². The Morgan fingerprint density at radius 3 is 2.69 bits per heavy atom. The van der Waals surface area contributed by atoms with Crippen molar-refractivity contribution >= 4 is 11.3 Å². The fourth-order valence-electron chi connectivity index (χ4n) is 1.76. The molecule has 1 N–H and O–H groups in total. The third-order valence-electron chi connectivity index (χ3n) is 2.85. The van der Waals surface area contributed by atoms with Gasteiger partial charge in [-0.1, -0.05) is 19.9 Å². The van der Waals surface area contributed by atoms with E-state index in [0.29, 0.717) is 0 Å². The van der Waals surface area contributed by atoms with Crippen molar-refractivity contribution in [3.05, 3.63) is 22.4 Å². The molecular formula is C13H24N2S. The first-order valence-corrected chi connectivity index (χ1v) is 7.20. The Kier molecular flexibility index (Phi) is 7.47. The smallest absolute Gasteiger partial charge is 0.00578 e. The molecule has 0 spiro atoms. The van der Waals surface area contributed by atoms with Crippen LogP contribution in [-0.2, 0) is 6.42 Å². The molecule has 0 saturated carbocycles. The maximum atomic E-state index is 3.51. The summed E-state index contributed by atoms with van der Waals surface area (Å²) < 4.78 is 0. The van der Waals surface area contributed by atoms with Crippen molar-refractivity contribution < 1.29 is 0 Å². The molecule has 0 saturated heterocycles. The maximum Gasteiger partial charge on any atom is 0.00578 e. The molecule has 0 atom stereocenters. The third kappa shape index (κ3) is 5.64. The highest BCUT2D eigenvalue weighted by molar-refractivity contribution is 7.09. The number of nitrogens with zero attached hydrogens (tertiary/aromatic N) is 1. The van der Waals surface area contributed by atoms with Gasteiger partial charge < -0.3 is 10.2 Å². The van der Waals surface area contributed by atoms with Crippen LogP contribution in [-0.4, -0.2) is 37.6 Å². The first-order valence-electron chi connectivity index (χ1n) is 6.32. The number of hydrogen-bond donors (Lipinski definition) is 1. The Bertz CT molecular complexity index is 242. The van der Waals surface area contributed by atoms with Gasteiger partial charge in [0, 0.05) is 4.88 Å². The second kappa shape index (κ2) is 8.74. The molecule has 1 rings (SSSR count). The van der Waals surface area contributed by atoms with Crippen LogP contribution in [0.5, 0.6) is 0 Å². The van der Waals surface area contributed by atoms with Crippen molar-refractivity contribution in [1.82, 2.24) is 10.2 Å². The van der Waals surface area contributed by atoms with Crippen LogP contribution >= 0.6 is 11.3 Å². The van der Waals surface area contributed by atoms with Gasteiger partial charge in [-0.05, 0) is 57.0 Å². The lowest BCUT2D eigenvalue weighted by atomic mass is 10.3. The number of rotatable bonds is 9. The van der Waals surface area contributed by atoms with Crippen LogP contribution < -0.4 is 5.32 Å². The molecule has 1 aromatic heterocycles. The van der Waals surface area contributed by atoms with Crippen molar-refractivity contribution in [2.75, 3.05) is 32.7 Å². The fourth-order valence-corrected chi connectivity index (χ4v) is 2.47. The van der Waals surface area contributed by atoms with E-state index >= 15 is 0 Å². The van der Waals surface area contributed by atoms with E-state index in [1.165, 1.54) is 37.4 Å². The average Bonchev–Trinajstić information content (AvgIpc) is 2.81. The molecule has 2 nitrogen and oxygen atoms in total. The lowest BCUT2D eigenvalue weighted by Gasteiger charge is -2.17. The summed E-state index contributed by atoms with van der Waals surface area (Å²) in [4.78, 5) is 3.96. The Morgan fingerprint density at radius 2 is 2.06 bits per heavy atom. The van der Waals surface area contributed by atoms with Gasteiger partial charge in [0.1, 0.15) is 0 Å². The second-order valence-corrected chi connectivity index (χ2v) is 4.99. The standard InChI is InChI=1S/C13H24N2S/c1-3-15(4-2)11-6-9-14-10-8-13-7-5-12-16-13/h5,7,12,14H,3-4,6,8-11H2,1-2H3. The molecule has 16 heavy (non-hydrogen) atoms. The molecule has 1 heterocycles. The quantitative estimate of drug-likeness (QED) is 0.668. The highest BCUT2D eigenvalue weighted by Crippen LogP contribution is 2.07. The van der Waals surface area contributed by atoms with E-state index in [1.807, 2.05) is 11.3 Å². The minimum Gasteiger partial charge on any atom is -0.316 e. The van der Waals surface area contributed by atoms with Crippen molar-refractivity contribution in [1.29, 1.82) is 0 Å². The molecule has 92 valence electrons. The van der Waals surface area contributed by atoms with Crippen molar-refractivity contribution in [3.63, 3.8) is 0 Å². The molecular weight excluding hydrogens is 216 g/mol. The van der Waals surface area contributed by atoms with Gasteiger partial charge in [-0.2, -0.15) is 0 Å². The van der Waals surface area contributed by atoms with E-state index in [-0.39, 0.29) is 0 Å². The van der Waals surface area contributed by atoms with Crippen molar-refractivity contribution in [2.24, 2.45) is 0 Å². The lowest BCUT2D eigenvalue weighted by Crippen LogP contribution is -2.27. The molecule has 0 aliphatic carbocycles. The van der Waals surface area contributed by atoms with Gasteiger partial charge in [-0.3, -0.25) is 0 Å². The summed E-state index contributed by atoms with van der Waals surface area (Å²) in [5.74, 6) is 0. The van der Waals surface area contributed by atoms with Crippen LogP contribution in [0.25, 0.3) is 0 Å². The van der Waals surface area contributed by atoms with E-state index in [1.54, 1.807) is 0 Å². The highest BCUT2D eigenvalue weighted by Gasteiger charge is 1.98.